The lowest BCUT2D eigenvalue weighted by Crippen LogP contribution is -2.30. The number of carbonyl (C=O) groups excluding carboxylic acids is 4. The van der Waals surface area contributed by atoms with E-state index in [4.69, 9.17) is 16.3 Å². The van der Waals surface area contributed by atoms with Crippen LogP contribution in [0.15, 0.2) is 125 Å². The van der Waals surface area contributed by atoms with E-state index in [2.05, 4.69) is 16.0 Å². The smallest absolute Gasteiger partial charge is 0.341 e. The van der Waals surface area contributed by atoms with E-state index >= 15 is 0 Å². The number of anilines is 2. The fourth-order valence-electron chi connectivity index (χ4n) is 4.90. The van der Waals surface area contributed by atoms with Gasteiger partial charge >= 0.3 is 5.97 Å². The van der Waals surface area contributed by atoms with E-state index in [0.717, 1.165) is 10.5 Å². The molecule has 0 saturated carbocycles. The van der Waals surface area contributed by atoms with E-state index in [1.165, 1.54) is 29.2 Å². The van der Waals surface area contributed by atoms with Crippen molar-refractivity contribution in [1.29, 1.82) is 0 Å². The molecule has 0 bridgehead atoms. The van der Waals surface area contributed by atoms with Crippen molar-refractivity contribution in [1.82, 2.24) is 5.32 Å². The van der Waals surface area contributed by atoms with Crippen molar-refractivity contribution < 1.29 is 23.9 Å². The van der Waals surface area contributed by atoms with Crippen LogP contribution in [0.5, 0.6) is 0 Å². The van der Waals surface area contributed by atoms with Gasteiger partial charge in [-0.2, -0.15) is 0 Å². The molecule has 5 rings (SSSR count). The molecule has 8 nitrogen and oxygen atoms in total. The van der Waals surface area contributed by atoms with Crippen LogP contribution in [0.2, 0.25) is 5.02 Å². The number of thioether (sulfide) groups is 1. The summed E-state index contributed by atoms with van der Waals surface area (Å²) < 4.78 is 5.34. The second-order valence-corrected chi connectivity index (χ2v) is 13.4. The quantitative estimate of drug-likeness (QED) is 0.0635. The van der Waals surface area contributed by atoms with Crippen LogP contribution >= 0.6 is 34.7 Å². The van der Waals surface area contributed by atoms with Crippen molar-refractivity contribution in [3.63, 3.8) is 0 Å². The molecule has 254 valence electrons. The SMILES string of the molecule is CCOC(=O)c1c(-c2ccccc2)csc1NC(=O)C(CC)Sc1cccc(NC(=O)/C(=C\c2ccccc2Cl)NC(=O)c2ccccc2)c1. The van der Waals surface area contributed by atoms with Gasteiger partial charge in [0, 0.05) is 32.1 Å². The van der Waals surface area contributed by atoms with Gasteiger partial charge < -0.3 is 20.7 Å². The van der Waals surface area contributed by atoms with Gasteiger partial charge in [-0.25, -0.2) is 4.79 Å². The van der Waals surface area contributed by atoms with Crippen molar-refractivity contribution in [3.05, 3.63) is 142 Å². The minimum Gasteiger partial charge on any atom is -0.462 e. The first-order chi connectivity index (χ1) is 24.3. The summed E-state index contributed by atoms with van der Waals surface area (Å²) in [6, 6.07) is 32.1. The molecular formula is C39H34ClN3O5S2. The third kappa shape index (κ3) is 9.29. The maximum Gasteiger partial charge on any atom is 0.341 e. The molecule has 0 fully saturated rings. The summed E-state index contributed by atoms with van der Waals surface area (Å²) in [5, 5.41) is 10.7. The standard InChI is InChI=1S/C39H34ClN3O5S2/c1-3-33(37(46)43-38-34(39(47)48-4-2)30(24-49-38)25-14-7-5-8-15-25)50-29-20-13-19-28(23-29)41-36(45)32(22-27-18-11-12-21-31(27)40)42-35(44)26-16-9-6-10-17-26/h5-24,33H,3-4H2,1-2H3,(H,41,45)(H,42,44)(H,43,46)/b32-22+. The Balaban J connectivity index is 1.33. The highest BCUT2D eigenvalue weighted by molar-refractivity contribution is 8.00. The number of rotatable bonds is 13. The minimum atomic E-state index is -0.556. The number of amides is 3. The summed E-state index contributed by atoms with van der Waals surface area (Å²) in [5.41, 5.74) is 3.26. The third-order valence-corrected chi connectivity index (χ3v) is 9.96. The zero-order valence-corrected chi connectivity index (χ0v) is 29.7. The number of thiophene rings is 1. The zero-order chi connectivity index (χ0) is 35.5. The van der Waals surface area contributed by atoms with Gasteiger partial charge in [-0.05, 0) is 66.9 Å². The number of benzene rings is 4. The molecule has 3 N–H and O–H groups in total. The minimum absolute atomic E-state index is 0.000884. The zero-order valence-electron chi connectivity index (χ0n) is 27.3. The Bertz CT molecular complexity index is 2010. The van der Waals surface area contributed by atoms with Crippen LogP contribution < -0.4 is 16.0 Å². The molecule has 11 heteroatoms. The van der Waals surface area contributed by atoms with Gasteiger partial charge in [-0.3, -0.25) is 14.4 Å². The predicted octanol–water partition coefficient (Wildman–Crippen LogP) is 9.16. The molecule has 0 aliphatic carbocycles. The van der Waals surface area contributed by atoms with Crippen molar-refractivity contribution >= 4 is 75.2 Å². The van der Waals surface area contributed by atoms with Crippen molar-refractivity contribution in [3.8, 4) is 11.1 Å². The molecule has 0 aliphatic heterocycles. The maximum atomic E-state index is 13.6. The molecule has 0 aliphatic rings. The van der Waals surface area contributed by atoms with Gasteiger partial charge in [0.2, 0.25) is 5.91 Å². The molecule has 5 aromatic rings. The Morgan fingerprint density at radius 1 is 0.860 bits per heavy atom. The molecule has 1 heterocycles. The second-order valence-electron chi connectivity index (χ2n) is 10.8. The summed E-state index contributed by atoms with van der Waals surface area (Å²) in [5.74, 6) is -1.78. The van der Waals surface area contributed by atoms with Crippen LogP contribution in [-0.2, 0) is 14.3 Å². The third-order valence-electron chi connectivity index (χ3n) is 7.36. The summed E-state index contributed by atoms with van der Waals surface area (Å²) in [7, 11) is 0. The van der Waals surface area contributed by atoms with Gasteiger partial charge in [-0.1, -0.05) is 91.3 Å². The first-order valence-electron chi connectivity index (χ1n) is 15.8. The summed E-state index contributed by atoms with van der Waals surface area (Å²) >= 11 is 8.97. The lowest BCUT2D eigenvalue weighted by molar-refractivity contribution is -0.116. The molecule has 1 aromatic heterocycles. The largest absolute Gasteiger partial charge is 0.462 e. The number of esters is 1. The monoisotopic (exact) mass is 723 g/mol. The molecule has 0 spiro atoms. The normalized spacial score (nSPS) is 11.7. The van der Waals surface area contributed by atoms with Gasteiger partial charge in [0.1, 0.15) is 16.3 Å². The number of nitrogens with one attached hydrogen (secondary N) is 3. The van der Waals surface area contributed by atoms with E-state index in [9.17, 15) is 19.2 Å². The number of ether oxygens (including phenoxy) is 1. The average molecular weight is 724 g/mol. The summed E-state index contributed by atoms with van der Waals surface area (Å²) in [4.78, 5) is 54.0. The highest BCUT2D eigenvalue weighted by atomic mass is 35.5. The summed E-state index contributed by atoms with van der Waals surface area (Å²) in [6.45, 7) is 3.84. The Kier molecular flexibility index (Phi) is 12.6. The predicted molar refractivity (Wildman–Crippen MR) is 203 cm³/mol. The Morgan fingerprint density at radius 3 is 2.26 bits per heavy atom. The number of halogens is 1. The Morgan fingerprint density at radius 2 is 1.56 bits per heavy atom. The molecule has 4 aromatic carbocycles. The van der Waals surface area contributed by atoms with Crippen LogP contribution in [0, 0.1) is 0 Å². The molecule has 0 radical (unpaired) electrons. The van der Waals surface area contributed by atoms with Crippen LogP contribution in [0.3, 0.4) is 0 Å². The second kappa shape index (κ2) is 17.5. The van der Waals surface area contributed by atoms with Crippen LogP contribution in [0.4, 0.5) is 10.7 Å². The number of hydrogen-bond acceptors (Lipinski definition) is 7. The molecular weight excluding hydrogens is 690 g/mol. The van der Waals surface area contributed by atoms with Gasteiger partial charge in [0.25, 0.3) is 11.8 Å². The van der Waals surface area contributed by atoms with Gasteiger partial charge in [-0.15, -0.1) is 23.1 Å². The topological polar surface area (TPSA) is 114 Å². The molecule has 1 unspecified atom stereocenters. The highest BCUT2D eigenvalue weighted by Gasteiger charge is 2.26. The van der Waals surface area contributed by atoms with E-state index in [1.54, 1.807) is 79.7 Å². The lowest BCUT2D eigenvalue weighted by Gasteiger charge is -2.16. The molecule has 50 heavy (non-hydrogen) atoms. The van der Waals surface area contributed by atoms with Gasteiger partial charge in [0.15, 0.2) is 0 Å². The van der Waals surface area contributed by atoms with E-state index in [0.29, 0.717) is 44.4 Å². The Labute approximate surface area is 303 Å². The van der Waals surface area contributed by atoms with Crippen molar-refractivity contribution in [2.75, 3.05) is 17.2 Å². The maximum absolute atomic E-state index is 13.6. The van der Waals surface area contributed by atoms with Crippen molar-refractivity contribution in [2.24, 2.45) is 0 Å². The highest BCUT2D eigenvalue weighted by Crippen LogP contribution is 2.37. The molecule has 0 saturated heterocycles. The number of carbonyl (C=O) groups is 4. The molecule has 1 atom stereocenters. The molecule has 3 amide bonds. The van der Waals surface area contributed by atoms with Crippen molar-refractivity contribution in [2.45, 2.75) is 30.4 Å². The lowest BCUT2D eigenvalue weighted by atomic mass is 10.0. The van der Waals surface area contributed by atoms with Crippen LogP contribution in [0.1, 0.15) is 46.5 Å². The van der Waals surface area contributed by atoms with E-state index < -0.39 is 23.0 Å². The fraction of sp³-hybridized carbons (Fsp3) is 0.128. The Hall–Kier alpha value is -5.16. The summed E-state index contributed by atoms with van der Waals surface area (Å²) in [6.07, 6.45) is 2.02. The van der Waals surface area contributed by atoms with E-state index in [1.807, 2.05) is 48.7 Å². The van der Waals surface area contributed by atoms with E-state index in [-0.39, 0.29) is 18.2 Å². The number of hydrogen-bond donors (Lipinski definition) is 3. The first-order valence-corrected chi connectivity index (χ1v) is 18.0. The first kappa shape index (κ1) is 36.1. The van der Waals surface area contributed by atoms with Crippen LogP contribution in [-0.4, -0.2) is 35.5 Å². The van der Waals surface area contributed by atoms with Crippen LogP contribution in [0.25, 0.3) is 17.2 Å². The van der Waals surface area contributed by atoms with Gasteiger partial charge in [0.05, 0.1) is 11.9 Å². The average Bonchev–Trinajstić information content (AvgIpc) is 3.55. The fourth-order valence-corrected chi connectivity index (χ4v) is 7.06.